The fraction of sp³-hybridized carbons (Fsp3) is 0.200. The van der Waals surface area contributed by atoms with Gasteiger partial charge in [-0.25, -0.2) is 4.98 Å². The molecule has 0 saturated carbocycles. The number of amides is 1. The standard InChI is InChI=1S/C20H18F3N3O2/c21-20(22,23)17-4-2-1-3-16(17)18(27)11-25-19(28)15-7-5-14(6-8-15)12-26-10-9-24-13-26/h1-10,13,18,27H,11-12H2,(H,25,28). The SMILES string of the molecule is O=C(NCC(O)c1ccccc1C(F)(F)F)c1ccc(Cn2ccnc2)cc1. The molecule has 0 fully saturated rings. The predicted octanol–water partition coefficient (Wildman–Crippen LogP) is 3.41. The minimum absolute atomic E-state index is 0.272. The minimum Gasteiger partial charge on any atom is -0.387 e. The first kappa shape index (κ1) is 19.6. The summed E-state index contributed by atoms with van der Waals surface area (Å²) in [4.78, 5) is 16.2. The van der Waals surface area contributed by atoms with Gasteiger partial charge in [0, 0.05) is 31.0 Å². The van der Waals surface area contributed by atoms with Crippen molar-refractivity contribution in [3.63, 3.8) is 0 Å². The normalized spacial score (nSPS) is 12.6. The summed E-state index contributed by atoms with van der Waals surface area (Å²) in [6.45, 7) is 0.275. The van der Waals surface area contributed by atoms with E-state index in [0.29, 0.717) is 12.1 Å². The number of aromatic nitrogens is 2. The number of aliphatic hydroxyl groups is 1. The van der Waals surface area contributed by atoms with E-state index in [0.717, 1.165) is 11.6 Å². The summed E-state index contributed by atoms with van der Waals surface area (Å²) in [5, 5.41) is 12.6. The van der Waals surface area contributed by atoms with E-state index in [2.05, 4.69) is 10.3 Å². The van der Waals surface area contributed by atoms with E-state index in [9.17, 15) is 23.1 Å². The van der Waals surface area contributed by atoms with Gasteiger partial charge >= 0.3 is 6.18 Å². The van der Waals surface area contributed by atoms with Crippen molar-refractivity contribution in [2.45, 2.75) is 18.8 Å². The van der Waals surface area contributed by atoms with Crippen LogP contribution in [0.4, 0.5) is 13.2 Å². The number of carbonyl (C=O) groups is 1. The van der Waals surface area contributed by atoms with Gasteiger partial charge in [-0.05, 0) is 29.3 Å². The molecular weight excluding hydrogens is 371 g/mol. The summed E-state index contributed by atoms with van der Waals surface area (Å²) < 4.78 is 41.0. The molecule has 0 saturated heterocycles. The molecule has 1 unspecified atom stereocenters. The fourth-order valence-electron chi connectivity index (χ4n) is 2.80. The second-order valence-corrected chi connectivity index (χ2v) is 6.24. The average Bonchev–Trinajstić information content (AvgIpc) is 3.19. The molecule has 0 spiro atoms. The second-order valence-electron chi connectivity index (χ2n) is 6.24. The maximum Gasteiger partial charge on any atom is 0.416 e. The van der Waals surface area contributed by atoms with Crippen molar-refractivity contribution >= 4 is 5.91 Å². The molecule has 0 aliphatic rings. The highest BCUT2D eigenvalue weighted by Crippen LogP contribution is 2.34. The molecule has 1 aromatic heterocycles. The zero-order chi connectivity index (χ0) is 20.1. The Bertz CT molecular complexity index is 923. The van der Waals surface area contributed by atoms with E-state index >= 15 is 0 Å². The summed E-state index contributed by atoms with van der Waals surface area (Å²) >= 11 is 0. The Balaban J connectivity index is 1.61. The number of nitrogens with one attached hydrogen (secondary N) is 1. The molecule has 1 amide bonds. The molecule has 0 aliphatic carbocycles. The molecule has 8 heteroatoms. The highest BCUT2D eigenvalue weighted by atomic mass is 19.4. The third-order valence-corrected chi connectivity index (χ3v) is 4.22. The number of imidazole rings is 1. The van der Waals surface area contributed by atoms with Gasteiger partial charge in [0.25, 0.3) is 5.91 Å². The quantitative estimate of drug-likeness (QED) is 0.679. The molecular formula is C20H18F3N3O2. The third-order valence-electron chi connectivity index (χ3n) is 4.22. The zero-order valence-electron chi connectivity index (χ0n) is 14.7. The summed E-state index contributed by atoms with van der Waals surface area (Å²) in [6.07, 6.45) is -0.875. The predicted molar refractivity (Wildman–Crippen MR) is 96.5 cm³/mol. The Kier molecular flexibility index (Phi) is 5.79. The van der Waals surface area contributed by atoms with Crippen LogP contribution in [0.1, 0.15) is 33.2 Å². The lowest BCUT2D eigenvalue weighted by Gasteiger charge is -2.18. The highest BCUT2D eigenvalue weighted by Gasteiger charge is 2.34. The summed E-state index contributed by atoms with van der Waals surface area (Å²) in [6, 6.07) is 11.6. The fourth-order valence-corrected chi connectivity index (χ4v) is 2.80. The lowest BCUT2D eigenvalue weighted by molar-refractivity contribution is -0.139. The molecule has 2 aromatic carbocycles. The van der Waals surface area contributed by atoms with E-state index < -0.39 is 23.8 Å². The Labute approximate surface area is 159 Å². The molecule has 0 radical (unpaired) electrons. The summed E-state index contributed by atoms with van der Waals surface area (Å²) in [7, 11) is 0. The molecule has 2 N–H and O–H groups in total. The molecule has 5 nitrogen and oxygen atoms in total. The van der Waals surface area contributed by atoms with Crippen LogP contribution in [0, 0.1) is 0 Å². The molecule has 3 aromatic rings. The number of aliphatic hydroxyl groups excluding tert-OH is 1. The van der Waals surface area contributed by atoms with Crippen LogP contribution in [0.25, 0.3) is 0 Å². The number of rotatable bonds is 6. The smallest absolute Gasteiger partial charge is 0.387 e. The molecule has 28 heavy (non-hydrogen) atoms. The van der Waals surface area contributed by atoms with Gasteiger partial charge in [0.05, 0.1) is 18.0 Å². The van der Waals surface area contributed by atoms with E-state index in [1.165, 1.54) is 18.2 Å². The van der Waals surface area contributed by atoms with Gasteiger partial charge in [0.2, 0.25) is 0 Å². The summed E-state index contributed by atoms with van der Waals surface area (Å²) in [5.41, 5.74) is 0.131. The topological polar surface area (TPSA) is 67.2 Å². The van der Waals surface area contributed by atoms with Crippen molar-refractivity contribution in [1.29, 1.82) is 0 Å². The number of halogens is 3. The Hall–Kier alpha value is -3.13. The number of alkyl halides is 3. The molecule has 0 aliphatic heterocycles. The van der Waals surface area contributed by atoms with Crippen molar-refractivity contribution in [2.75, 3.05) is 6.54 Å². The second kappa shape index (κ2) is 8.26. The molecule has 1 atom stereocenters. The zero-order valence-corrected chi connectivity index (χ0v) is 14.7. The number of benzene rings is 2. The molecule has 0 bridgehead atoms. The Morgan fingerprint density at radius 2 is 1.86 bits per heavy atom. The Morgan fingerprint density at radius 3 is 2.50 bits per heavy atom. The van der Waals surface area contributed by atoms with Crippen LogP contribution in [0.3, 0.4) is 0 Å². The van der Waals surface area contributed by atoms with Gasteiger partial charge < -0.3 is 15.0 Å². The highest BCUT2D eigenvalue weighted by molar-refractivity contribution is 5.94. The van der Waals surface area contributed by atoms with Crippen molar-refractivity contribution < 1.29 is 23.1 Å². The van der Waals surface area contributed by atoms with Gasteiger partial charge in [0.1, 0.15) is 0 Å². The largest absolute Gasteiger partial charge is 0.416 e. The first-order valence-electron chi connectivity index (χ1n) is 8.51. The monoisotopic (exact) mass is 389 g/mol. The van der Waals surface area contributed by atoms with Crippen molar-refractivity contribution in [3.05, 3.63) is 89.5 Å². The van der Waals surface area contributed by atoms with Crippen LogP contribution in [-0.4, -0.2) is 27.1 Å². The number of nitrogens with zero attached hydrogens (tertiary/aromatic N) is 2. The lowest BCUT2D eigenvalue weighted by Crippen LogP contribution is -2.29. The maximum absolute atomic E-state index is 13.0. The maximum atomic E-state index is 13.0. The van der Waals surface area contributed by atoms with E-state index in [1.54, 1.807) is 36.8 Å². The van der Waals surface area contributed by atoms with E-state index in [1.807, 2.05) is 10.8 Å². The molecule has 3 rings (SSSR count). The Morgan fingerprint density at radius 1 is 1.14 bits per heavy atom. The van der Waals surface area contributed by atoms with Gasteiger partial charge in [-0.2, -0.15) is 13.2 Å². The van der Waals surface area contributed by atoms with Gasteiger partial charge in [0.15, 0.2) is 0 Å². The molecule has 1 heterocycles. The minimum atomic E-state index is -4.58. The number of carbonyl (C=O) groups excluding carboxylic acids is 1. The van der Waals surface area contributed by atoms with Crippen LogP contribution in [-0.2, 0) is 12.7 Å². The van der Waals surface area contributed by atoms with Crippen LogP contribution >= 0.6 is 0 Å². The van der Waals surface area contributed by atoms with Crippen molar-refractivity contribution in [2.24, 2.45) is 0 Å². The van der Waals surface area contributed by atoms with Crippen LogP contribution in [0.5, 0.6) is 0 Å². The van der Waals surface area contributed by atoms with Crippen LogP contribution in [0.15, 0.2) is 67.3 Å². The lowest BCUT2D eigenvalue weighted by atomic mass is 10.0. The first-order chi connectivity index (χ1) is 13.3. The number of hydrogen-bond acceptors (Lipinski definition) is 3. The number of hydrogen-bond donors (Lipinski definition) is 2. The third kappa shape index (κ3) is 4.77. The van der Waals surface area contributed by atoms with Crippen LogP contribution < -0.4 is 5.32 Å². The summed E-state index contributed by atoms with van der Waals surface area (Å²) in [5.74, 6) is -0.474. The van der Waals surface area contributed by atoms with Gasteiger partial charge in [-0.3, -0.25) is 4.79 Å². The van der Waals surface area contributed by atoms with E-state index in [-0.39, 0.29) is 12.1 Å². The van der Waals surface area contributed by atoms with Gasteiger partial charge in [-0.15, -0.1) is 0 Å². The van der Waals surface area contributed by atoms with Crippen LogP contribution in [0.2, 0.25) is 0 Å². The first-order valence-corrected chi connectivity index (χ1v) is 8.51. The van der Waals surface area contributed by atoms with E-state index in [4.69, 9.17) is 0 Å². The average molecular weight is 389 g/mol. The molecule has 146 valence electrons. The van der Waals surface area contributed by atoms with Gasteiger partial charge in [-0.1, -0.05) is 30.3 Å². The van der Waals surface area contributed by atoms with Crippen molar-refractivity contribution in [1.82, 2.24) is 14.9 Å². The van der Waals surface area contributed by atoms with Crippen molar-refractivity contribution in [3.8, 4) is 0 Å².